The molecule has 1 rings (SSSR count). The van der Waals surface area contributed by atoms with E-state index in [9.17, 15) is 9.90 Å². The summed E-state index contributed by atoms with van der Waals surface area (Å²) in [6, 6.07) is 0.501. The van der Waals surface area contributed by atoms with E-state index in [0.29, 0.717) is 25.4 Å². The van der Waals surface area contributed by atoms with Gasteiger partial charge in [0.25, 0.3) is 0 Å². The second kappa shape index (κ2) is 6.55. The van der Waals surface area contributed by atoms with E-state index >= 15 is 0 Å². The molecule has 0 amide bonds. The van der Waals surface area contributed by atoms with Crippen molar-refractivity contribution in [2.45, 2.75) is 65.8 Å². The average molecular weight is 255 g/mol. The lowest BCUT2D eigenvalue weighted by atomic mass is 9.78. The van der Waals surface area contributed by atoms with Crippen LogP contribution in [-0.4, -0.2) is 23.7 Å². The predicted molar refractivity (Wildman–Crippen MR) is 74.6 cm³/mol. The third-order valence-electron chi connectivity index (χ3n) is 4.71. The molecule has 18 heavy (non-hydrogen) atoms. The molecule has 1 saturated carbocycles. The first kappa shape index (κ1) is 15.5. The summed E-state index contributed by atoms with van der Waals surface area (Å²) in [5.41, 5.74) is -0.579. The molecular weight excluding hydrogens is 226 g/mol. The van der Waals surface area contributed by atoms with Gasteiger partial charge in [-0.05, 0) is 43.9 Å². The third kappa shape index (κ3) is 3.71. The van der Waals surface area contributed by atoms with Crippen LogP contribution in [0.5, 0.6) is 0 Å². The molecule has 0 aliphatic heterocycles. The van der Waals surface area contributed by atoms with E-state index in [-0.39, 0.29) is 0 Å². The zero-order chi connectivity index (χ0) is 13.8. The lowest BCUT2D eigenvalue weighted by Gasteiger charge is -2.35. The molecule has 3 nitrogen and oxygen atoms in total. The van der Waals surface area contributed by atoms with Crippen molar-refractivity contribution in [1.29, 1.82) is 0 Å². The van der Waals surface area contributed by atoms with Gasteiger partial charge in [-0.3, -0.25) is 4.79 Å². The maximum absolute atomic E-state index is 11.4. The lowest BCUT2D eigenvalue weighted by molar-refractivity contribution is -0.149. The van der Waals surface area contributed by atoms with Gasteiger partial charge in [-0.25, -0.2) is 0 Å². The van der Waals surface area contributed by atoms with E-state index in [1.54, 1.807) is 0 Å². The number of aliphatic carboxylic acids is 1. The van der Waals surface area contributed by atoms with Crippen molar-refractivity contribution in [3.8, 4) is 0 Å². The van der Waals surface area contributed by atoms with Gasteiger partial charge < -0.3 is 10.4 Å². The molecule has 0 saturated heterocycles. The van der Waals surface area contributed by atoms with Crippen LogP contribution in [0.1, 0.15) is 59.8 Å². The summed E-state index contributed by atoms with van der Waals surface area (Å²) < 4.78 is 0. The largest absolute Gasteiger partial charge is 0.481 e. The molecule has 1 fully saturated rings. The Labute approximate surface area is 111 Å². The fourth-order valence-electron chi connectivity index (χ4n) is 3.33. The van der Waals surface area contributed by atoms with Crippen LogP contribution >= 0.6 is 0 Å². The first-order chi connectivity index (χ1) is 8.43. The molecule has 3 heteroatoms. The van der Waals surface area contributed by atoms with Gasteiger partial charge in [-0.1, -0.05) is 27.7 Å². The maximum atomic E-state index is 11.4. The highest BCUT2D eigenvalue weighted by molar-refractivity contribution is 5.74. The number of hydrogen-bond acceptors (Lipinski definition) is 2. The molecule has 106 valence electrons. The van der Waals surface area contributed by atoms with Gasteiger partial charge >= 0.3 is 5.97 Å². The fourth-order valence-corrected chi connectivity index (χ4v) is 3.33. The summed E-state index contributed by atoms with van der Waals surface area (Å²) in [6.45, 7) is 9.17. The standard InChI is InChI=1S/C15H29NO2/c1-5-15(6-2,14(17)18)10-16-13-8-11(3)7-12(4)9-13/h11-13,16H,5-10H2,1-4H3,(H,17,18). The van der Waals surface area contributed by atoms with Crippen LogP contribution in [0, 0.1) is 17.3 Å². The zero-order valence-corrected chi connectivity index (χ0v) is 12.3. The normalized spacial score (nSPS) is 29.2. The minimum atomic E-state index is -0.656. The molecule has 2 N–H and O–H groups in total. The second-order valence-electron chi connectivity index (χ2n) is 6.29. The molecule has 0 aromatic rings. The summed E-state index contributed by atoms with van der Waals surface area (Å²) in [7, 11) is 0. The number of carboxylic acid groups (broad SMARTS) is 1. The zero-order valence-electron chi connectivity index (χ0n) is 12.3. The molecule has 2 unspecified atom stereocenters. The Hall–Kier alpha value is -0.570. The maximum Gasteiger partial charge on any atom is 0.310 e. The molecule has 2 atom stereocenters. The van der Waals surface area contributed by atoms with E-state index in [2.05, 4.69) is 19.2 Å². The van der Waals surface area contributed by atoms with Gasteiger partial charge in [0, 0.05) is 12.6 Å². The van der Waals surface area contributed by atoms with Crippen molar-refractivity contribution in [3.05, 3.63) is 0 Å². The summed E-state index contributed by atoms with van der Waals surface area (Å²) in [6.07, 6.45) is 5.08. The summed E-state index contributed by atoms with van der Waals surface area (Å²) >= 11 is 0. The molecule has 0 radical (unpaired) electrons. The second-order valence-corrected chi connectivity index (χ2v) is 6.29. The van der Waals surface area contributed by atoms with Crippen molar-refractivity contribution in [2.24, 2.45) is 17.3 Å². The van der Waals surface area contributed by atoms with Crippen molar-refractivity contribution in [1.82, 2.24) is 5.32 Å². The average Bonchev–Trinajstić information content (AvgIpc) is 2.29. The fraction of sp³-hybridized carbons (Fsp3) is 0.933. The molecule has 0 spiro atoms. The Morgan fingerprint density at radius 1 is 1.17 bits per heavy atom. The van der Waals surface area contributed by atoms with Crippen LogP contribution in [-0.2, 0) is 4.79 Å². The Morgan fingerprint density at radius 3 is 2.06 bits per heavy atom. The Morgan fingerprint density at radius 2 is 1.67 bits per heavy atom. The minimum Gasteiger partial charge on any atom is -0.481 e. The Kier molecular flexibility index (Phi) is 5.64. The molecule has 0 heterocycles. The van der Waals surface area contributed by atoms with E-state index in [4.69, 9.17) is 0 Å². The van der Waals surface area contributed by atoms with Crippen LogP contribution in [0.2, 0.25) is 0 Å². The molecule has 0 aromatic carbocycles. The predicted octanol–water partition coefficient (Wildman–Crippen LogP) is 3.29. The Bertz CT molecular complexity index is 264. The number of carbonyl (C=O) groups is 1. The van der Waals surface area contributed by atoms with Crippen LogP contribution in [0.4, 0.5) is 0 Å². The number of hydrogen-bond donors (Lipinski definition) is 2. The van der Waals surface area contributed by atoms with E-state index in [1.807, 2.05) is 13.8 Å². The van der Waals surface area contributed by atoms with Crippen LogP contribution < -0.4 is 5.32 Å². The first-order valence-corrected chi connectivity index (χ1v) is 7.40. The smallest absolute Gasteiger partial charge is 0.310 e. The highest BCUT2D eigenvalue weighted by atomic mass is 16.4. The minimum absolute atomic E-state index is 0.501. The van der Waals surface area contributed by atoms with Crippen LogP contribution in [0.25, 0.3) is 0 Å². The van der Waals surface area contributed by atoms with Gasteiger partial charge in [0.05, 0.1) is 5.41 Å². The molecular formula is C15H29NO2. The SMILES string of the molecule is CCC(CC)(CNC1CC(C)CC(C)C1)C(=O)O. The Balaban J connectivity index is 2.54. The lowest BCUT2D eigenvalue weighted by Crippen LogP contribution is -2.46. The topological polar surface area (TPSA) is 49.3 Å². The quantitative estimate of drug-likeness (QED) is 0.765. The summed E-state index contributed by atoms with van der Waals surface area (Å²) in [5.74, 6) is 0.861. The summed E-state index contributed by atoms with van der Waals surface area (Å²) in [4.78, 5) is 11.4. The van der Waals surface area contributed by atoms with Gasteiger partial charge in [-0.2, -0.15) is 0 Å². The molecule has 1 aliphatic carbocycles. The van der Waals surface area contributed by atoms with Crippen LogP contribution in [0.3, 0.4) is 0 Å². The number of carboxylic acids is 1. The van der Waals surface area contributed by atoms with E-state index < -0.39 is 11.4 Å². The monoisotopic (exact) mass is 255 g/mol. The first-order valence-electron chi connectivity index (χ1n) is 7.40. The molecule has 1 aliphatic rings. The summed E-state index contributed by atoms with van der Waals surface area (Å²) in [5, 5.41) is 12.9. The number of rotatable bonds is 6. The van der Waals surface area contributed by atoms with Crippen LogP contribution in [0.15, 0.2) is 0 Å². The van der Waals surface area contributed by atoms with Crippen molar-refractivity contribution < 1.29 is 9.90 Å². The molecule has 0 aromatic heterocycles. The van der Waals surface area contributed by atoms with Gasteiger partial charge in [0.1, 0.15) is 0 Å². The van der Waals surface area contributed by atoms with Gasteiger partial charge in [0.15, 0.2) is 0 Å². The van der Waals surface area contributed by atoms with E-state index in [1.165, 1.54) is 19.3 Å². The van der Waals surface area contributed by atoms with E-state index in [0.717, 1.165) is 11.8 Å². The van der Waals surface area contributed by atoms with Crippen molar-refractivity contribution in [2.75, 3.05) is 6.54 Å². The highest BCUT2D eigenvalue weighted by Gasteiger charge is 2.35. The molecule has 0 bridgehead atoms. The van der Waals surface area contributed by atoms with Gasteiger partial charge in [-0.15, -0.1) is 0 Å². The highest BCUT2D eigenvalue weighted by Crippen LogP contribution is 2.30. The van der Waals surface area contributed by atoms with Gasteiger partial charge in [0.2, 0.25) is 0 Å². The van der Waals surface area contributed by atoms with Crippen molar-refractivity contribution in [3.63, 3.8) is 0 Å². The van der Waals surface area contributed by atoms with Crippen molar-refractivity contribution >= 4 is 5.97 Å². The number of nitrogens with one attached hydrogen (secondary N) is 1. The third-order valence-corrected chi connectivity index (χ3v) is 4.71.